The molecule has 84 valence electrons. The van der Waals surface area contributed by atoms with E-state index in [4.69, 9.17) is 10.5 Å². The molecule has 1 heterocycles. The number of hydrogen-bond donors (Lipinski definition) is 1. The van der Waals surface area contributed by atoms with Gasteiger partial charge in [-0.2, -0.15) is 0 Å². The molecular weight excluding hydrogens is 220 g/mol. The van der Waals surface area contributed by atoms with Crippen LogP contribution in [0.4, 0.5) is 5.13 Å². The van der Waals surface area contributed by atoms with Gasteiger partial charge in [0.05, 0.1) is 4.88 Å². The van der Waals surface area contributed by atoms with Gasteiger partial charge in [-0.15, -0.1) is 0 Å². The number of nitrogens with zero attached hydrogens (tertiary/aromatic N) is 1. The van der Waals surface area contributed by atoms with E-state index in [2.05, 4.69) is 24.0 Å². The fourth-order valence-electron chi connectivity index (χ4n) is 1.40. The molecule has 0 aliphatic heterocycles. The van der Waals surface area contributed by atoms with Gasteiger partial charge in [0.2, 0.25) is 0 Å². The molecular formula is C12H14N2OS. The van der Waals surface area contributed by atoms with Crippen LogP contribution in [0.3, 0.4) is 0 Å². The number of nitrogens with two attached hydrogens (primary N) is 1. The number of ether oxygens (including phenoxy) is 1. The van der Waals surface area contributed by atoms with E-state index in [9.17, 15) is 0 Å². The van der Waals surface area contributed by atoms with Gasteiger partial charge >= 0.3 is 0 Å². The summed E-state index contributed by atoms with van der Waals surface area (Å²) >= 11 is 1.46. The number of hydrogen-bond acceptors (Lipinski definition) is 4. The Balaban J connectivity index is 1.99. The number of anilines is 1. The fraction of sp³-hybridized carbons (Fsp3) is 0.250. The lowest BCUT2D eigenvalue weighted by Crippen LogP contribution is -1.93. The monoisotopic (exact) mass is 234 g/mol. The van der Waals surface area contributed by atoms with E-state index in [0.717, 1.165) is 17.0 Å². The van der Waals surface area contributed by atoms with Crippen molar-refractivity contribution in [1.82, 2.24) is 4.98 Å². The van der Waals surface area contributed by atoms with Crippen molar-refractivity contribution >= 4 is 16.5 Å². The lowest BCUT2D eigenvalue weighted by Gasteiger charge is -2.05. The number of rotatable bonds is 4. The van der Waals surface area contributed by atoms with Gasteiger partial charge in [-0.1, -0.05) is 30.4 Å². The molecule has 2 rings (SSSR count). The van der Waals surface area contributed by atoms with E-state index in [1.807, 2.05) is 12.1 Å². The Labute approximate surface area is 98.9 Å². The molecule has 16 heavy (non-hydrogen) atoms. The van der Waals surface area contributed by atoms with E-state index in [0.29, 0.717) is 11.7 Å². The third kappa shape index (κ3) is 2.73. The van der Waals surface area contributed by atoms with Crippen molar-refractivity contribution in [2.75, 3.05) is 5.73 Å². The second-order valence-electron chi connectivity index (χ2n) is 3.45. The lowest BCUT2D eigenvalue weighted by molar-refractivity contribution is 0.309. The molecule has 0 radical (unpaired) electrons. The Hall–Kier alpha value is -1.55. The number of aryl methyl sites for hydroxylation is 1. The van der Waals surface area contributed by atoms with Crippen molar-refractivity contribution in [3.63, 3.8) is 0 Å². The van der Waals surface area contributed by atoms with E-state index < -0.39 is 0 Å². The molecule has 0 amide bonds. The Morgan fingerprint density at radius 2 is 2.31 bits per heavy atom. The molecule has 1 aromatic carbocycles. The minimum Gasteiger partial charge on any atom is -0.488 e. The van der Waals surface area contributed by atoms with Crippen LogP contribution >= 0.6 is 11.3 Å². The maximum Gasteiger partial charge on any atom is 0.180 e. The van der Waals surface area contributed by atoms with Gasteiger partial charge < -0.3 is 10.5 Å². The van der Waals surface area contributed by atoms with Gasteiger partial charge in [-0.3, -0.25) is 0 Å². The zero-order valence-corrected chi connectivity index (χ0v) is 9.96. The molecule has 0 saturated heterocycles. The lowest BCUT2D eigenvalue weighted by atomic mass is 10.2. The first-order valence-electron chi connectivity index (χ1n) is 5.20. The van der Waals surface area contributed by atoms with Crippen LogP contribution in [-0.4, -0.2) is 4.98 Å². The first kappa shape index (κ1) is 11.0. The van der Waals surface area contributed by atoms with Crippen LogP contribution < -0.4 is 10.5 Å². The Morgan fingerprint density at radius 3 is 3.00 bits per heavy atom. The van der Waals surface area contributed by atoms with E-state index in [-0.39, 0.29) is 0 Å². The smallest absolute Gasteiger partial charge is 0.180 e. The van der Waals surface area contributed by atoms with Crippen molar-refractivity contribution in [1.29, 1.82) is 0 Å². The first-order chi connectivity index (χ1) is 7.78. The number of nitrogen functional groups attached to an aromatic ring is 1. The zero-order valence-electron chi connectivity index (χ0n) is 9.14. The van der Waals surface area contributed by atoms with Crippen molar-refractivity contribution in [3.05, 3.63) is 40.9 Å². The van der Waals surface area contributed by atoms with Gasteiger partial charge in [0.1, 0.15) is 12.4 Å². The maximum atomic E-state index is 5.66. The van der Waals surface area contributed by atoms with Crippen LogP contribution in [0.5, 0.6) is 5.75 Å². The average Bonchev–Trinajstić information content (AvgIpc) is 2.73. The van der Waals surface area contributed by atoms with Crippen molar-refractivity contribution < 1.29 is 4.74 Å². The SMILES string of the molecule is CCc1cccc(OCc2cnc(N)s2)c1. The van der Waals surface area contributed by atoms with Crippen molar-refractivity contribution in [2.45, 2.75) is 20.0 Å². The van der Waals surface area contributed by atoms with Crippen LogP contribution in [0.15, 0.2) is 30.5 Å². The summed E-state index contributed by atoms with van der Waals surface area (Å²) in [5, 5.41) is 0.584. The van der Waals surface area contributed by atoms with Gasteiger partial charge in [0, 0.05) is 6.20 Å². The first-order valence-corrected chi connectivity index (χ1v) is 6.01. The third-order valence-electron chi connectivity index (χ3n) is 2.26. The highest BCUT2D eigenvalue weighted by Crippen LogP contribution is 2.19. The molecule has 0 unspecified atom stereocenters. The Bertz CT molecular complexity index is 468. The minimum atomic E-state index is 0.530. The molecule has 2 N–H and O–H groups in total. The largest absolute Gasteiger partial charge is 0.488 e. The molecule has 4 heteroatoms. The Morgan fingerprint density at radius 1 is 1.44 bits per heavy atom. The summed E-state index contributed by atoms with van der Waals surface area (Å²) in [5.41, 5.74) is 6.82. The van der Waals surface area contributed by atoms with Crippen LogP contribution in [0.2, 0.25) is 0 Å². The molecule has 0 spiro atoms. The standard InChI is InChI=1S/C12H14N2OS/c1-2-9-4-3-5-10(6-9)15-8-11-7-14-12(13)16-11/h3-7H,2,8H2,1H3,(H2,13,14). The topological polar surface area (TPSA) is 48.1 Å². The van der Waals surface area contributed by atoms with E-state index in [1.54, 1.807) is 6.20 Å². The highest BCUT2D eigenvalue weighted by Gasteiger charge is 2.00. The summed E-state index contributed by atoms with van der Waals surface area (Å²) in [6.45, 7) is 2.66. The summed E-state index contributed by atoms with van der Waals surface area (Å²) in [4.78, 5) is 5.02. The van der Waals surface area contributed by atoms with Crippen LogP contribution in [0.25, 0.3) is 0 Å². The molecule has 2 aromatic rings. The minimum absolute atomic E-state index is 0.530. The van der Waals surface area contributed by atoms with Gasteiger partial charge in [0.25, 0.3) is 0 Å². The normalized spacial score (nSPS) is 10.3. The molecule has 0 fully saturated rings. The highest BCUT2D eigenvalue weighted by molar-refractivity contribution is 7.15. The van der Waals surface area contributed by atoms with Crippen molar-refractivity contribution in [2.24, 2.45) is 0 Å². The molecule has 3 nitrogen and oxygen atoms in total. The zero-order chi connectivity index (χ0) is 11.4. The summed E-state index contributed by atoms with van der Waals surface area (Å²) in [6, 6.07) is 8.13. The quantitative estimate of drug-likeness (QED) is 0.885. The average molecular weight is 234 g/mol. The van der Waals surface area contributed by atoms with Crippen LogP contribution in [-0.2, 0) is 13.0 Å². The third-order valence-corrected chi connectivity index (χ3v) is 3.06. The predicted octanol–water partition coefficient (Wildman–Crippen LogP) is 2.87. The van der Waals surface area contributed by atoms with E-state index in [1.165, 1.54) is 16.9 Å². The van der Waals surface area contributed by atoms with Gasteiger partial charge in [0.15, 0.2) is 5.13 Å². The molecule has 0 bridgehead atoms. The molecule has 0 aliphatic carbocycles. The van der Waals surface area contributed by atoms with Gasteiger partial charge in [-0.05, 0) is 24.1 Å². The number of aromatic nitrogens is 1. The summed E-state index contributed by atoms with van der Waals surface area (Å²) in [6.07, 6.45) is 2.77. The highest BCUT2D eigenvalue weighted by atomic mass is 32.1. The molecule has 0 atom stereocenters. The fourth-order valence-corrected chi connectivity index (χ4v) is 2.00. The predicted molar refractivity (Wildman–Crippen MR) is 66.7 cm³/mol. The second-order valence-corrected chi connectivity index (χ2v) is 4.60. The van der Waals surface area contributed by atoms with Crippen LogP contribution in [0.1, 0.15) is 17.4 Å². The summed E-state index contributed by atoms with van der Waals surface area (Å²) in [5.74, 6) is 0.895. The van der Waals surface area contributed by atoms with E-state index >= 15 is 0 Å². The number of thiazole rings is 1. The van der Waals surface area contributed by atoms with Gasteiger partial charge in [-0.25, -0.2) is 4.98 Å². The number of benzene rings is 1. The Kier molecular flexibility index (Phi) is 3.41. The summed E-state index contributed by atoms with van der Waals surface area (Å²) in [7, 11) is 0. The van der Waals surface area contributed by atoms with Crippen molar-refractivity contribution in [3.8, 4) is 5.75 Å². The second kappa shape index (κ2) is 4.99. The van der Waals surface area contributed by atoms with Crippen LogP contribution in [0, 0.1) is 0 Å². The molecule has 0 aliphatic rings. The summed E-state index contributed by atoms with van der Waals surface area (Å²) < 4.78 is 5.66. The molecule has 1 aromatic heterocycles. The maximum absolute atomic E-state index is 5.66. The molecule has 0 saturated carbocycles.